The minimum absolute atomic E-state index is 1.01. The fourth-order valence-corrected chi connectivity index (χ4v) is 5.55. The van der Waals surface area contributed by atoms with Crippen molar-refractivity contribution in [3.8, 4) is 11.3 Å². The van der Waals surface area contributed by atoms with Crippen molar-refractivity contribution in [2.24, 2.45) is 0 Å². The lowest BCUT2D eigenvalue weighted by atomic mass is 9.96. The maximum absolute atomic E-state index is 4.95. The molecule has 0 fully saturated rings. The molecule has 0 unspecified atom stereocenters. The molecule has 156 valence electrons. The Morgan fingerprint density at radius 2 is 1.30 bits per heavy atom. The van der Waals surface area contributed by atoms with Gasteiger partial charge in [0.05, 0.1) is 17.4 Å². The summed E-state index contributed by atoms with van der Waals surface area (Å²) in [4.78, 5) is 4.95. The lowest BCUT2D eigenvalue weighted by molar-refractivity contribution is 1.25. The van der Waals surface area contributed by atoms with Gasteiger partial charge in [-0.15, -0.1) is 0 Å². The predicted octanol–water partition coefficient (Wildman–Crippen LogP) is 8.23. The number of fused-ring (bicyclic) bond motifs is 9. The highest BCUT2D eigenvalue weighted by Gasteiger charge is 2.18. The Hall–Kier alpha value is -4.17. The van der Waals surface area contributed by atoms with Gasteiger partial charge in [-0.3, -0.25) is 4.40 Å². The second-order valence-corrected chi connectivity index (χ2v) is 9.00. The fraction of sp³-hybridized carbons (Fsp3) is 0.0645. The molecule has 0 radical (unpaired) electrons. The van der Waals surface area contributed by atoms with Crippen LogP contribution in [0, 0.1) is 13.8 Å². The molecule has 33 heavy (non-hydrogen) atoms. The van der Waals surface area contributed by atoms with Gasteiger partial charge >= 0.3 is 0 Å². The van der Waals surface area contributed by atoms with Crippen molar-refractivity contribution in [3.63, 3.8) is 0 Å². The molecule has 0 bridgehead atoms. The second kappa shape index (κ2) is 6.66. The normalized spacial score (nSPS) is 11.9. The van der Waals surface area contributed by atoms with Gasteiger partial charge in [0.2, 0.25) is 0 Å². The maximum atomic E-state index is 4.95. The summed E-state index contributed by atoms with van der Waals surface area (Å²) in [6.45, 7) is 4.37. The van der Waals surface area contributed by atoms with E-state index < -0.39 is 0 Å². The molecule has 0 amide bonds. The molecule has 7 rings (SSSR count). The molecule has 7 aromatic rings. The molecular formula is C31H22N2. The van der Waals surface area contributed by atoms with E-state index in [4.69, 9.17) is 4.98 Å². The minimum Gasteiger partial charge on any atom is -0.292 e. The first kappa shape index (κ1) is 18.4. The van der Waals surface area contributed by atoms with Crippen LogP contribution in [0.15, 0.2) is 97.2 Å². The van der Waals surface area contributed by atoms with Crippen LogP contribution in [0.4, 0.5) is 0 Å². The molecule has 0 spiro atoms. The zero-order valence-electron chi connectivity index (χ0n) is 18.6. The van der Waals surface area contributed by atoms with Crippen LogP contribution in [-0.4, -0.2) is 9.38 Å². The minimum atomic E-state index is 1.01. The zero-order valence-corrected chi connectivity index (χ0v) is 18.6. The average Bonchev–Trinajstić information content (AvgIpc) is 3.27. The van der Waals surface area contributed by atoms with Gasteiger partial charge in [-0.1, -0.05) is 72.8 Å². The number of rotatable bonds is 1. The molecule has 0 aliphatic rings. The van der Waals surface area contributed by atoms with Gasteiger partial charge in [0.25, 0.3) is 0 Å². The van der Waals surface area contributed by atoms with Gasteiger partial charge in [0.15, 0.2) is 0 Å². The molecule has 0 N–H and O–H groups in total. The number of imidazole rings is 1. The monoisotopic (exact) mass is 422 g/mol. The molecule has 2 nitrogen and oxygen atoms in total. The number of aryl methyl sites for hydroxylation is 2. The summed E-state index contributed by atoms with van der Waals surface area (Å²) in [6, 6.07) is 33.0. The summed E-state index contributed by atoms with van der Waals surface area (Å²) in [5, 5.41) is 8.80. The van der Waals surface area contributed by atoms with Crippen molar-refractivity contribution in [2.75, 3.05) is 0 Å². The molecule has 0 atom stereocenters. The molecule has 5 aromatic carbocycles. The number of hydrogen-bond acceptors (Lipinski definition) is 1. The van der Waals surface area contributed by atoms with Gasteiger partial charge in [0, 0.05) is 16.3 Å². The quantitative estimate of drug-likeness (QED) is 0.192. The number of nitrogens with zero attached hydrogens (tertiary/aromatic N) is 2. The standard InChI is InChI=1S/C31H22N2/c1-19-8-7-9-20(2)29(19)28-18-32-31-25-13-6-5-12-24(25)30-26-17-22-11-4-3-10-21(22)16-23(26)14-15-27(30)33(28)31/h3-18H,1-2H3. The van der Waals surface area contributed by atoms with Crippen molar-refractivity contribution in [1.82, 2.24) is 9.38 Å². The van der Waals surface area contributed by atoms with Gasteiger partial charge < -0.3 is 0 Å². The van der Waals surface area contributed by atoms with E-state index in [2.05, 4.69) is 109 Å². The highest BCUT2D eigenvalue weighted by Crippen LogP contribution is 2.39. The van der Waals surface area contributed by atoms with E-state index in [-0.39, 0.29) is 0 Å². The molecule has 0 aliphatic heterocycles. The lowest BCUT2D eigenvalue weighted by Crippen LogP contribution is -1.97. The summed E-state index contributed by atoms with van der Waals surface area (Å²) in [7, 11) is 0. The average molecular weight is 423 g/mol. The Morgan fingerprint density at radius 3 is 2.09 bits per heavy atom. The third-order valence-electron chi connectivity index (χ3n) is 7.04. The molecule has 2 heteroatoms. The molecule has 2 aromatic heterocycles. The Labute approximate surface area is 191 Å². The molecule has 0 saturated heterocycles. The lowest BCUT2D eigenvalue weighted by Gasteiger charge is -2.15. The summed E-state index contributed by atoms with van der Waals surface area (Å²) >= 11 is 0. The van der Waals surface area contributed by atoms with E-state index in [1.807, 2.05) is 6.20 Å². The summed E-state index contributed by atoms with van der Waals surface area (Å²) in [5.41, 5.74) is 7.16. The summed E-state index contributed by atoms with van der Waals surface area (Å²) in [6.07, 6.45) is 2.04. The van der Waals surface area contributed by atoms with Crippen molar-refractivity contribution in [1.29, 1.82) is 0 Å². The highest BCUT2D eigenvalue weighted by molar-refractivity contribution is 6.23. The van der Waals surface area contributed by atoms with Crippen molar-refractivity contribution >= 4 is 48.9 Å². The van der Waals surface area contributed by atoms with Crippen LogP contribution in [0.5, 0.6) is 0 Å². The van der Waals surface area contributed by atoms with Crippen LogP contribution in [-0.2, 0) is 0 Å². The Balaban J connectivity index is 1.75. The van der Waals surface area contributed by atoms with Crippen LogP contribution in [0.2, 0.25) is 0 Å². The summed E-state index contributed by atoms with van der Waals surface area (Å²) in [5.74, 6) is 0. The van der Waals surface area contributed by atoms with Crippen LogP contribution >= 0.6 is 0 Å². The van der Waals surface area contributed by atoms with Crippen molar-refractivity contribution in [3.05, 3.63) is 108 Å². The number of benzene rings is 5. The SMILES string of the molecule is Cc1cccc(C)c1-c1cnc2c3ccccc3c3c4cc5ccccc5cc4ccc3n12. The van der Waals surface area contributed by atoms with Crippen molar-refractivity contribution < 1.29 is 0 Å². The van der Waals surface area contributed by atoms with Gasteiger partial charge in [-0.25, -0.2) is 4.98 Å². The van der Waals surface area contributed by atoms with Crippen LogP contribution in [0.25, 0.3) is 60.1 Å². The van der Waals surface area contributed by atoms with Gasteiger partial charge in [0.1, 0.15) is 5.65 Å². The van der Waals surface area contributed by atoms with Gasteiger partial charge in [-0.2, -0.15) is 0 Å². The van der Waals surface area contributed by atoms with E-state index in [0.717, 1.165) is 11.3 Å². The zero-order chi connectivity index (χ0) is 22.1. The number of aromatic nitrogens is 2. The van der Waals surface area contributed by atoms with E-state index in [0.29, 0.717) is 0 Å². The number of hydrogen-bond donors (Lipinski definition) is 0. The molecule has 2 heterocycles. The second-order valence-electron chi connectivity index (χ2n) is 9.00. The van der Waals surface area contributed by atoms with Gasteiger partial charge in [-0.05, 0) is 70.1 Å². The van der Waals surface area contributed by atoms with E-state index in [9.17, 15) is 0 Å². The third-order valence-corrected chi connectivity index (χ3v) is 7.04. The Kier molecular flexibility index (Phi) is 3.72. The molecule has 0 saturated carbocycles. The smallest absolute Gasteiger partial charge is 0.145 e. The van der Waals surface area contributed by atoms with Crippen LogP contribution in [0.1, 0.15) is 11.1 Å². The first-order valence-corrected chi connectivity index (χ1v) is 11.4. The maximum Gasteiger partial charge on any atom is 0.145 e. The first-order valence-electron chi connectivity index (χ1n) is 11.4. The predicted molar refractivity (Wildman–Crippen MR) is 140 cm³/mol. The van der Waals surface area contributed by atoms with E-state index >= 15 is 0 Å². The topological polar surface area (TPSA) is 17.3 Å². The molecule has 0 aliphatic carbocycles. The summed E-state index contributed by atoms with van der Waals surface area (Å²) < 4.78 is 2.36. The Bertz CT molecular complexity index is 1870. The highest BCUT2D eigenvalue weighted by atomic mass is 15.0. The Morgan fingerprint density at radius 1 is 0.606 bits per heavy atom. The van der Waals surface area contributed by atoms with Crippen LogP contribution in [0.3, 0.4) is 0 Å². The molecular weight excluding hydrogens is 400 g/mol. The fourth-order valence-electron chi connectivity index (χ4n) is 5.55. The first-order chi connectivity index (χ1) is 16.2. The largest absolute Gasteiger partial charge is 0.292 e. The van der Waals surface area contributed by atoms with Crippen LogP contribution < -0.4 is 0 Å². The number of pyridine rings is 1. The van der Waals surface area contributed by atoms with Crippen molar-refractivity contribution in [2.45, 2.75) is 13.8 Å². The van der Waals surface area contributed by atoms with E-state index in [1.54, 1.807) is 0 Å². The third kappa shape index (κ3) is 2.52. The van der Waals surface area contributed by atoms with E-state index in [1.165, 1.54) is 59.9 Å².